The zero-order valence-corrected chi connectivity index (χ0v) is 15.9. The lowest BCUT2D eigenvalue weighted by Gasteiger charge is -2.35. The Morgan fingerprint density at radius 2 is 1.74 bits per heavy atom. The van der Waals surface area contributed by atoms with Crippen LogP contribution < -0.4 is 10.2 Å². The number of aromatic nitrogens is 3. The highest BCUT2D eigenvalue weighted by Crippen LogP contribution is 2.29. The van der Waals surface area contributed by atoms with Crippen LogP contribution in [0.25, 0.3) is 11.4 Å². The Morgan fingerprint density at radius 1 is 1.03 bits per heavy atom. The van der Waals surface area contributed by atoms with E-state index in [-0.39, 0.29) is 17.7 Å². The zero-order chi connectivity index (χ0) is 22.0. The molecule has 0 aliphatic carbocycles. The highest BCUT2D eigenvalue weighted by atomic mass is 19.4. The first-order valence-corrected chi connectivity index (χ1v) is 9.23. The summed E-state index contributed by atoms with van der Waals surface area (Å²) in [5.41, 5.74) is 0.793. The van der Waals surface area contributed by atoms with E-state index in [1.54, 1.807) is 17.0 Å². The largest absolute Gasteiger partial charge is 0.471 e. The molecule has 1 saturated heterocycles. The van der Waals surface area contributed by atoms with Gasteiger partial charge in [0.05, 0.1) is 0 Å². The normalized spacial score (nSPS) is 14.6. The summed E-state index contributed by atoms with van der Waals surface area (Å²) in [6, 6.07) is 8.41. The molecule has 1 aromatic carbocycles. The van der Waals surface area contributed by atoms with Gasteiger partial charge in [-0.1, -0.05) is 5.16 Å². The van der Waals surface area contributed by atoms with Gasteiger partial charge in [-0.25, -0.2) is 14.2 Å². The molecule has 162 valence electrons. The molecular weight excluding hydrogens is 420 g/mol. The molecule has 8 nitrogen and oxygen atoms in total. The molecule has 1 aliphatic rings. The molecule has 0 spiro atoms. The lowest BCUT2D eigenvalue weighted by Crippen LogP contribution is -2.50. The zero-order valence-electron chi connectivity index (χ0n) is 15.9. The second-order valence-corrected chi connectivity index (χ2v) is 6.74. The molecule has 0 atom stereocenters. The summed E-state index contributed by atoms with van der Waals surface area (Å²) in [6.07, 6.45) is -3.34. The summed E-state index contributed by atoms with van der Waals surface area (Å²) in [7, 11) is 0. The van der Waals surface area contributed by atoms with E-state index >= 15 is 0 Å². The molecule has 0 bridgehead atoms. The van der Waals surface area contributed by atoms with Gasteiger partial charge in [0, 0.05) is 43.6 Å². The van der Waals surface area contributed by atoms with E-state index in [0.717, 1.165) is 0 Å². The molecule has 0 radical (unpaired) electrons. The fourth-order valence-electron chi connectivity index (χ4n) is 3.04. The number of benzene rings is 1. The van der Waals surface area contributed by atoms with E-state index in [2.05, 4.69) is 25.0 Å². The summed E-state index contributed by atoms with van der Waals surface area (Å²) in [4.78, 5) is 23.5. The van der Waals surface area contributed by atoms with Crippen molar-refractivity contribution in [2.45, 2.75) is 6.18 Å². The lowest BCUT2D eigenvalue weighted by atomic mass is 10.2. The molecule has 1 N–H and O–H groups in total. The molecule has 2 aromatic heterocycles. The van der Waals surface area contributed by atoms with Gasteiger partial charge in [-0.3, -0.25) is 0 Å². The minimum absolute atomic E-state index is 0.200. The van der Waals surface area contributed by atoms with E-state index in [9.17, 15) is 22.4 Å². The van der Waals surface area contributed by atoms with Gasteiger partial charge in [0.25, 0.3) is 0 Å². The number of halogens is 4. The molecular formula is C19H16F4N6O2. The van der Waals surface area contributed by atoms with E-state index in [4.69, 9.17) is 0 Å². The first-order valence-electron chi connectivity index (χ1n) is 9.23. The maximum atomic E-state index is 13.0. The Kier molecular flexibility index (Phi) is 5.44. The molecule has 3 heterocycles. The number of pyridine rings is 1. The van der Waals surface area contributed by atoms with Gasteiger partial charge in [-0.05, 0) is 36.4 Å². The number of carbonyl (C=O) groups is 1. The van der Waals surface area contributed by atoms with Gasteiger partial charge in [-0.15, -0.1) is 0 Å². The number of anilines is 2. The smallest absolute Gasteiger partial charge is 0.353 e. The third kappa shape index (κ3) is 4.73. The number of amides is 2. The Labute approximate surface area is 173 Å². The van der Waals surface area contributed by atoms with Crippen molar-refractivity contribution < 1.29 is 26.9 Å². The van der Waals surface area contributed by atoms with Crippen molar-refractivity contribution in [1.29, 1.82) is 0 Å². The van der Waals surface area contributed by atoms with Gasteiger partial charge < -0.3 is 19.6 Å². The highest BCUT2D eigenvalue weighted by Gasteiger charge is 2.38. The van der Waals surface area contributed by atoms with Crippen molar-refractivity contribution in [3.05, 3.63) is 54.3 Å². The van der Waals surface area contributed by atoms with Gasteiger partial charge in [0.1, 0.15) is 11.6 Å². The molecule has 2 amide bonds. The lowest BCUT2D eigenvalue weighted by molar-refractivity contribution is -0.159. The van der Waals surface area contributed by atoms with Crippen molar-refractivity contribution >= 4 is 17.5 Å². The fourth-order valence-corrected chi connectivity index (χ4v) is 3.04. The second kappa shape index (κ2) is 8.20. The molecule has 12 heteroatoms. The predicted molar refractivity (Wildman–Crippen MR) is 102 cm³/mol. The Hall–Kier alpha value is -3.70. The van der Waals surface area contributed by atoms with Crippen LogP contribution in [0.3, 0.4) is 0 Å². The van der Waals surface area contributed by atoms with Gasteiger partial charge in [0.15, 0.2) is 0 Å². The summed E-state index contributed by atoms with van der Waals surface area (Å²) < 4.78 is 54.9. The van der Waals surface area contributed by atoms with Crippen molar-refractivity contribution in [1.82, 2.24) is 20.0 Å². The van der Waals surface area contributed by atoms with Crippen LogP contribution in [-0.2, 0) is 6.18 Å². The molecule has 1 fully saturated rings. The van der Waals surface area contributed by atoms with Crippen LogP contribution in [0.4, 0.5) is 33.9 Å². The number of piperazine rings is 1. The van der Waals surface area contributed by atoms with Crippen molar-refractivity contribution in [3.8, 4) is 11.4 Å². The number of hydrogen-bond donors (Lipinski definition) is 1. The SMILES string of the molecule is O=C(Nc1ccc(F)cc1)N1CCN(c2ccc(-c3noc(C(F)(F)F)n3)cn2)CC1. The van der Waals surface area contributed by atoms with Gasteiger partial charge in [-0.2, -0.15) is 18.2 Å². The minimum Gasteiger partial charge on any atom is -0.353 e. The van der Waals surface area contributed by atoms with Crippen LogP contribution in [0.5, 0.6) is 0 Å². The Balaban J connectivity index is 1.34. The molecule has 3 aromatic rings. The number of nitrogens with zero attached hydrogens (tertiary/aromatic N) is 5. The van der Waals surface area contributed by atoms with E-state index in [1.165, 1.54) is 30.5 Å². The fraction of sp³-hybridized carbons (Fsp3) is 0.263. The minimum atomic E-state index is -4.71. The molecule has 0 saturated carbocycles. The van der Waals surface area contributed by atoms with Gasteiger partial charge in [0.2, 0.25) is 5.82 Å². The first-order chi connectivity index (χ1) is 14.8. The second-order valence-electron chi connectivity index (χ2n) is 6.74. The van der Waals surface area contributed by atoms with Gasteiger partial charge >= 0.3 is 18.1 Å². The number of carbonyl (C=O) groups excluding carboxylic acids is 1. The number of nitrogens with one attached hydrogen (secondary N) is 1. The Bertz CT molecular complexity index is 1040. The maximum Gasteiger partial charge on any atom is 0.471 e. The quantitative estimate of drug-likeness (QED) is 0.631. The molecule has 0 unspecified atom stereocenters. The molecule has 31 heavy (non-hydrogen) atoms. The van der Waals surface area contributed by atoms with Crippen molar-refractivity contribution in [3.63, 3.8) is 0 Å². The molecule has 4 rings (SSSR count). The average Bonchev–Trinajstić information content (AvgIpc) is 3.27. The number of rotatable bonds is 3. The van der Waals surface area contributed by atoms with Crippen LogP contribution in [0.2, 0.25) is 0 Å². The van der Waals surface area contributed by atoms with Crippen LogP contribution in [0, 0.1) is 5.82 Å². The summed E-state index contributed by atoms with van der Waals surface area (Å²) in [6.45, 7) is 1.92. The predicted octanol–water partition coefficient (Wildman–Crippen LogP) is 3.64. The number of hydrogen-bond acceptors (Lipinski definition) is 6. The van der Waals surface area contributed by atoms with Crippen LogP contribution in [-0.4, -0.2) is 52.2 Å². The van der Waals surface area contributed by atoms with Crippen molar-refractivity contribution in [2.24, 2.45) is 0 Å². The Morgan fingerprint density at radius 3 is 2.32 bits per heavy atom. The summed E-state index contributed by atoms with van der Waals surface area (Å²) in [5.74, 6) is -1.39. The monoisotopic (exact) mass is 436 g/mol. The third-order valence-electron chi connectivity index (χ3n) is 4.66. The first kappa shape index (κ1) is 20.6. The average molecular weight is 436 g/mol. The standard InChI is InChI=1S/C19H16F4N6O2/c20-13-2-4-14(5-3-13)25-18(30)29-9-7-28(8-10-29)15-6-1-12(11-24-15)16-26-17(31-27-16)19(21,22)23/h1-6,11H,7-10H2,(H,25,30). The third-order valence-corrected chi connectivity index (χ3v) is 4.66. The van der Waals surface area contributed by atoms with Crippen molar-refractivity contribution in [2.75, 3.05) is 36.4 Å². The maximum absolute atomic E-state index is 13.0. The number of urea groups is 1. The van der Waals surface area contributed by atoms with E-state index in [0.29, 0.717) is 43.2 Å². The summed E-state index contributed by atoms with van der Waals surface area (Å²) in [5, 5.41) is 6.05. The van der Waals surface area contributed by atoms with Crippen LogP contribution >= 0.6 is 0 Å². The molecule has 1 aliphatic heterocycles. The van der Waals surface area contributed by atoms with Crippen LogP contribution in [0.15, 0.2) is 47.1 Å². The van der Waals surface area contributed by atoms with Crippen LogP contribution in [0.1, 0.15) is 5.89 Å². The number of alkyl halides is 3. The summed E-state index contributed by atoms with van der Waals surface area (Å²) >= 11 is 0. The van der Waals surface area contributed by atoms with E-state index in [1.807, 2.05) is 4.90 Å². The van der Waals surface area contributed by atoms with E-state index < -0.39 is 12.1 Å². The topological polar surface area (TPSA) is 87.4 Å². The highest BCUT2D eigenvalue weighted by molar-refractivity contribution is 5.89.